The molecule has 2 aromatic rings. The number of hydrogen-bond acceptors (Lipinski definition) is 7. The Kier molecular flexibility index (Phi) is 6.64. The summed E-state index contributed by atoms with van der Waals surface area (Å²) in [5.74, 6) is 0.719. The molecule has 174 valence electrons. The van der Waals surface area contributed by atoms with E-state index in [9.17, 15) is 14.7 Å². The number of hydroxylamine groups is 2. The van der Waals surface area contributed by atoms with E-state index in [4.69, 9.17) is 9.57 Å². The summed E-state index contributed by atoms with van der Waals surface area (Å²) < 4.78 is 7.30. The van der Waals surface area contributed by atoms with Gasteiger partial charge in [0.15, 0.2) is 11.6 Å². The molecule has 2 aliphatic rings. The minimum atomic E-state index is -0.467. The molecule has 0 aliphatic carbocycles. The van der Waals surface area contributed by atoms with Crippen LogP contribution in [0, 0.1) is 0 Å². The summed E-state index contributed by atoms with van der Waals surface area (Å²) in [7, 11) is 1.76. The van der Waals surface area contributed by atoms with Crippen molar-refractivity contribution in [2.24, 2.45) is 7.05 Å². The predicted molar refractivity (Wildman–Crippen MR) is 121 cm³/mol. The highest BCUT2D eigenvalue weighted by Crippen LogP contribution is 2.26. The molecule has 1 atom stereocenters. The molecule has 1 fully saturated rings. The van der Waals surface area contributed by atoms with Crippen LogP contribution in [0.2, 0.25) is 0 Å². The molecule has 0 spiro atoms. The number of rotatable bonds is 8. The lowest BCUT2D eigenvalue weighted by Crippen LogP contribution is -2.43. The molecular formula is C23H27N5O5. The van der Waals surface area contributed by atoms with Gasteiger partial charge in [0.2, 0.25) is 0 Å². The number of anilines is 1. The number of aliphatic hydroxyl groups is 1. The van der Waals surface area contributed by atoms with Gasteiger partial charge in [-0.2, -0.15) is 5.10 Å². The maximum atomic E-state index is 12.8. The van der Waals surface area contributed by atoms with E-state index in [0.29, 0.717) is 35.0 Å². The van der Waals surface area contributed by atoms with E-state index >= 15 is 0 Å². The molecule has 0 bridgehead atoms. The normalized spacial score (nSPS) is 16.0. The van der Waals surface area contributed by atoms with Crippen LogP contribution in [0.25, 0.3) is 0 Å². The average molecular weight is 453 g/mol. The monoisotopic (exact) mass is 453 g/mol. The molecular weight excluding hydrogens is 426 g/mol. The van der Waals surface area contributed by atoms with Crippen molar-refractivity contribution in [3.05, 3.63) is 60.0 Å². The summed E-state index contributed by atoms with van der Waals surface area (Å²) in [5.41, 5.74) is 0.835. The summed E-state index contributed by atoms with van der Waals surface area (Å²) >= 11 is 0. The molecule has 4 rings (SSSR count). The van der Waals surface area contributed by atoms with Crippen molar-refractivity contribution in [2.75, 3.05) is 31.6 Å². The summed E-state index contributed by atoms with van der Waals surface area (Å²) in [6, 6.07) is 6.47. The largest absolute Gasteiger partial charge is 0.488 e. The number of nitrogens with one attached hydrogen (secondary N) is 1. The lowest BCUT2D eigenvalue weighted by Gasteiger charge is -2.32. The minimum Gasteiger partial charge on any atom is -0.488 e. The molecule has 1 saturated heterocycles. The van der Waals surface area contributed by atoms with Gasteiger partial charge < -0.3 is 24.9 Å². The molecule has 0 saturated carbocycles. The number of amides is 2. The zero-order chi connectivity index (χ0) is 23.4. The molecule has 2 aliphatic heterocycles. The van der Waals surface area contributed by atoms with Crippen LogP contribution in [0.5, 0.6) is 11.5 Å². The summed E-state index contributed by atoms with van der Waals surface area (Å²) in [6.45, 7) is 3.50. The first-order valence-corrected chi connectivity index (χ1v) is 10.8. The Balaban J connectivity index is 1.54. The molecule has 33 heavy (non-hydrogen) atoms. The van der Waals surface area contributed by atoms with Crippen LogP contribution in [0.3, 0.4) is 0 Å². The smallest absolute Gasteiger partial charge is 0.257 e. The average Bonchev–Trinajstić information content (AvgIpc) is 3.16. The third-order valence-electron chi connectivity index (χ3n) is 5.17. The van der Waals surface area contributed by atoms with Gasteiger partial charge in [0.25, 0.3) is 11.8 Å². The first-order valence-electron chi connectivity index (χ1n) is 10.8. The number of nitrogens with zero attached hydrogens (tertiary/aromatic N) is 4. The molecule has 1 aromatic heterocycles. The molecule has 0 radical (unpaired) electrons. The number of hydrogen-bond donors (Lipinski definition) is 2. The van der Waals surface area contributed by atoms with Crippen molar-refractivity contribution in [2.45, 2.75) is 19.4 Å². The maximum Gasteiger partial charge on any atom is 0.257 e. The van der Waals surface area contributed by atoms with Crippen molar-refractivity contribution in [1.82, 2.24) is 19.7 Å². The van der Waals surface area contributed by atoms with Crippen LogP contribution >= 0.6 is 0 Å². The molecule has 0 unspecified atom stereocenters. The standard InChI is InChI=1S/C23H27N5O5/c1-16(15-29)32-19-11-18(22(30)24-21-6-10-26(2)25-21)12-20(13-19)33-28-9-3-5-17(14-28)23(31)27-7-4-8-27/h3,5-6,10-14,16,29H,4,7-9,15H2,1-2H3,(H,24,25,30)/t16-/m0/s1. The summed E-state index contributed by atoms with van der Waals surface area (Å²) in [4.78, 5) is 33.1. The number of aliphatic hydroxyl groups excluding tert-OH is 1. The summed E-state index contributed by atoms with van der Waals surface area (Å²) in [5, 5.41) is 17.8. The molecule has 10 heteroatoms. The highest BCUT2D eigenvalue weighted by molar-refractivity contribution is 6.04. The van der Waals surface area contributed by atoms with E-state index in [-0.39, 0.29) is 18.4 Å². The second kappa shape index (κ2) is 9.78. The number of carbonyl (C=O) groups excluding carboxylic acids is 2. The zero-order valence-electron chi connectivity index (χ0n) is 18.6. The molecule has 2 N–H and O–H groups in total. The van der Waals surface area contributed by atoms with Gasteiger partial charge in [-0.25, -0.2) is 5.06 Å². The fourth-order valence-electron chi connectivity index (χ4n) is 3.33. The van der Waals surface area contributed by atoms with Gasteiger partial charge in [-0.3, -0.25) is 14.3 Å². The lowest BCUT2D eigenvalue weighted by molar-refractivity contribution is -0.130. The SMILES string of the molecule is C[C@@H](CO)Oc1cc(ON2C=C(C(=O)N3CCC3)C=CC2)cc(C(=O)Nc2ccn(C)n2)c1. The highest BCUT2D eigenvalue weighted by atomic mass is 16.7. The lowest BCUT2D eigenvalue weighted by atomic mass is 10.1. The van der Waals surface area contributed by atoms with Gasteiger partial charge in [0.1, 0.15) is 11.9 Å². The number of ether oxygens (including phenoxy) is 1. The molecule has 3 heterocycles. The van der Waals surface area contributed by atoms with E-state index in [2.05, 4.69) is 10.4 Å². The van der Waals surface area contributed by atoms with Gasteiger partial charge in [-0.15, -0.1) is 0 Å². The van der Waals surface area contributed by atoms with Crippen LogP contribution in [0.15, 0.2) is 54.4 Å². The fourth-order valence-corrected chi connectivity index (χ4v) is 3.33. The molecule has 1 aromatic carbocycles. The third-order valence-corrected chi connectivity index (χ3v) is 5.17. The van der Waals surface area contributed by atoms with Gasteiger partial charge in [0.05, 0.1) is 24.9 Å². The zero-order valence-corrected chi connectivity index (χ0v) is 18.6. The van der Waals surface area contributed by atoms with E-state index in [1.165, 1.54) is 5.06 Å². The highest BCUT2D eigenvalue weighted by Gasteiger charge is 2.24. The second-order valence-electron chi connectivity index (χ2n) is 7.96. The number of benzene rings is 1. The van der Waals surface area contributed by atoms with Gasteiger partial charge in [-0.05, 0) is 31.6 Å². The van der Waals surface area contributed by atoms with Crippen LogP contribution in [-0.2, 0) is 11.8 Å². The van der Waals surface area contributed by atoms with E-state index in [0.717, 1.165) is 19.5 Å². The first-order chi connectivity index (χ1) is 15.9. The van der Waals surface area contributed by atoms with Crippen LogP contribution in [0.1, 0.15) is 23.7 Å². The number of likely N-dealkylation sites (tertiary alicyclic amines) is 1. The van der Waals surface area contributed by atoms with E-state index in [1.807, 2.05) is 6.08 Å². The van der Waals surface area contributed by atoms with Crippen molar-refractivity contribution in [1.29, 1.82) is 0 Å². The number of carbonyl (C=O) groups is 2. The van der Waals surface area contributed by atoms with Crippen molar-refractivity contribution < 1.29 is 24.3 Å². The van der Waals surface area contributed by atoms with Crippen LogP contribution in [-0.4, -0.2) is 69.0 Å². The van der Waals surface area contributed by atoms with Gasteiger partial charge in [-0.1, -0.05) is 6.08 Å². The Morgan fingerprint density at radius 3 is 2.70 bits per heavy atom. The summed E-state index contributed by atoms with van der Waals surface area (Å²) in [6.07, 6.45) is 7.56. The van der Waals surface area contributed by atoms with Crippen molar-refractivity contribution >= 4 is 17.6 Å². The molecule has 10 nitrogen and oxygen atoms in total. The Labute approximate surface area is 191 Å². The fraction of sp³-hybridized carbons (Fsp3) is 0.348. The Hall–Kier alpha value is -3.79. The second-order valence-corrected chi connectivity index (χ2v) is 7.96. The Morgan fingerprint density at radius 2 is 2.03 bits per heavy atom. The van der Waals surface area contributed by atoms with Crippen molar-refractivity contribution in [3.8, 4) is 11.5 Å². The topological polar surface area (TPSA) is 109 Å². The van der Waals surface area contributed by atoms with Crippen LogP contribution < -0.4 is 14.9 Å². The third kappa shape index (κ3) is 5.53. The Morgan fingerprint density at radius 1 is 1.24 bits per heavy atom. The van der Waals surface area contributed by atoms with Gasteiger partial charge in [0, 0.05) is 44.0 Å². The van der Waals surface area contributed by atoms with E-state index in [1.54, 1.807) is 66.3 Å². The first kappa shape index (κ1) is 22.4. The van der Waals surface area contributed by atoms with E-state index < -0.39 is 6.10 Å². The van der Waals surface area contributed by atoms with Crippen molar-refractivity contribution in [3.63, 3.8) is 0 Å². The quantitative estimate of drug-likeness (QED) is 0.626. The number of aromatic nitrogens is 2. The van der Waals surface area contributed by atoms with Crippen LogP contribution in [0.4, 0.5) is 5.82 Å². The Bertz CT molecular complexity index is 1090. The van der Waals surface area contributed by atoms with Gasteiger partial charge >= 0.3 is 0 Å². The minimum absolute atomic E-state index is 0.0323. The predicted octanol–water partition coefficient (Wildman–Crippen LogP) is 1.71. The maximum absolute atomic E-state index is 12.8. The molecule has 2 amide bonds. The number of aryl methyl sites for hydroxylation is 1.